The molecule has 0 heterocycles. The fraction of sp³-hybridized carbons (Fsp3) is 1.00. The normalized spacial score (nSPS) is 11.8. The van der Waals surface area contributed by atoms with Gasteiger partial charge >= 0.3 is 0 Å². The van der Waals surface area contributed by atoms with Crippen LogP contribution in [0.5, 0.6) is 0 Å². The third-order valence-electron chi connectivity index (χ3n) is 0.747. The highest BCUT2D eigenvalue weighted by Gasteiger charge is 2.37. The molecule has 8 heteroatoms. The van der Waals surface area contributed by atoms with Gasteiger partial charge in [-0.15, -0.1) is 11.6 Å². The van der Waals surface area contributed by atoms with Crippen LogP contribution in [0.25, 0.3) is 0 Å². The van der Waals surface area contributed by atoms with Gasteiger partial charge in [-0.3, -0.25) is 14.1 Å². The number of halogens is 8. The van der Waals surface area contributed by atoms with Gasteiger partial charge in [-0.05, 0) is 0 Å². The third kappa shape index (κ3) is 8.26. The lowest BCUT2D eigenvalue weighted by atomic mass is 10.3. The van der Waals surface area contributed by atoms with Crippen LogP contribution in [0.4, 0.5) is 27.3 Å². The van der Waals surface area contributed by atoms with Crippen LogP contribution in [-0.2, 0) is 0 Å². The van der Waals surface area contributed by atoms with Gasteiger partial charge in [0.1, 0.15) is 0 Å². The molecule has 0 N–H and O–H groups in total. The van der Waals surface area contributed by atoms with Gasteiger partial charge in [0.2, 0.25) is 5.63 Å². The van der Waals surface area contributed by atoms with Gasteiger partial charge in [0.25, 0.3) is 5.92 Å². The molecule has 0 spiro atoms. The summed E-state index contributed by atoms with van der Waals surface area (Å²) in [6.07, 6.45) is -0.723. The lowest BCUT2D eigenvalue weighted by molar-refractivity contribution is -0.0423. The predicted octanol–water partition coefficient (Wildman–Crippen LogP) is 3.24. The third-order valence-corrected chi connectivity index (χ3v) is 1.26. The van der Waals surface area contributed by atoms with E-state index in [4.69, 9.17) is 11.6 Å². The van der Waals surface area contributed by atoms with E-state index in [9.17, 15) is 13.2 Å². The summed E-state index contributed by atoms with van der Waals surface area (Å²) in [5.74, 6) is -3.77. The van der Waals surface area contributed by atoms with Gasteiger partial charge in [-0.25, -0.2) is 13.2 Å². The van der Waals surface area contributed by atoms with Crippen LogP contribution < -0.4 is 0 Å². The van der Waals surface area contributed by atoms with E-state index < -0.39 is 18.0 Å². The summed E-state index contributed by atoms with van der Waals surface area (Å²) in [7, 11) is 0. The molecule has 0 fully saturated rings. The molecule has 0 aliphatic carbocycles. The number of rotatable bonds is 3. The molecule has 0 aromatic heterocycles. The first-order valence-electron chi connectivity index (χ1n) is 2.22. The van der Waals surface area contributed by atoms with Crippen LogP contribution in [0.2, 0.25) is 0 Å². The minimum atomic E-state index is -3.48. The van der Waals surface area contributed by atoms with Gasteiger partial charge in [0.15, 0.2) is 0 Å². The standard InChI is InChI=1S/C4H5Cl2F3.3FH/c5-2-1-4(8,9)3(6)7;;;/h3H,1-2H2;3*1H. The van der Waals surface area contributed by atoms with E-state index >= 15 is 0 Å². The second-order valence-electron chi connectivity index (χ2n) is 1.50. The van der Waals surface area contributed by atoms with Gasteiger partial charge < -0.3 is 0 Å². The van der Waals surface area contributed by atoms with Crippen molar-refractivity contribution in [1.82, 2.24) is 0 Å². The summed E-state index contributed by atoms with van der Waals surface area (Å²) >= 11 is 9.40. The second-order valence-corrected chi connectivity index (χ2v) is 2.26. The molecule has 0 aliphatic rings. The average Bonchev–Trinajstić information content (AvgIpc) is 1.65. The highest BCUT2D eigenvalue weighted by molar-refractivity contribution is 6.20. The summed E-state index contributed by atoms with van der Waals surface area (Å²) in [5.41, 5.74) is -2.63. The van der Waals surface area contributed by atoms with Crippen molar-refractivity contribution in [1.29, 1.82) is 0 Å². The fourth-order valence-electron chi connectivity index (χ4n) is 0.235. The quantitative estimate of drug-likeness (QED) is 0.525. The molecular formula is C4H8Cl2F6. The van der Waals surface area contributed by atoms with Crippen LogP contribution in [0, 0.1) is 0 Å². The number of hydrogen-bond acceptors (Lipinski definition) is 0. The Hall–Kier alpha value is 0.160. The molecule has 0 aromatic rings. The van der Waals surface area contributed by atoms with Crippen LogP contribution in [0.15, 0.2) is 0 Å². The molecule has 0 nitrogen and oxygen atoms in total. The van der Waals surface area contributed by atoms with Gasteiger partial charge in [0.05, 0.1) is 0 Å². The number of hydrogen-bond donors (Lipinski definition) is 0. The first-order valence-corrected chi connectivity index (χ1v) is 3.19. The molecule has 1 atom stereocenters. The summed E-state index contributed by atoms with van der Waals surface area (Å²) in [5, 5.41) is 0. The lowest BCUT2D eigenvalue weighted by Gasteiger charge is -2.13. The Morgan fingerprint density at radius 2 is 1.50 bits per heavy atom. The van der Waals surface area contributed by atoms with Crippen molar-refractivity contribution >= 4 is 23.2 Å². The maximum absolute atomic E-state index is 12.0. The molecule has 0 amide bonds. The Kier molecular flexibility index (Phi) is 17.5. The Morgan fingerprint density at radius 1 is 1.17 bits per heavy atom. The van der Waals surface area contributed by atoms with Gasteiger partial charge in [-0.1, -0.05) is 11.6 Å². The molecule has 0 saturated heterocycles. The maximum atomic E-state index is 12.0. The molecule has 0 aliphatic heterocycles. The predicted molar refractivity (Wildman–Crippen MR) is 38.5 cm³/mol. The van der Waals surface area contributed by atoms with Crippen molar-refractivity contribution in [2.24, 2.45) is 0 Å². The molecule has 0 saturated carbocycles. The monoisotopic (exact) mass is 240 g/mol. The summed E-state index contributed by atoms with van der Waals surface area (Å²) in [6, 6.07) is 0. The van der Waals surface area contributed by atoms with Crippen molar-refractivity contribution in [3.05, 3.63) is 0 Å². The topological polar surface area (TPSA) is 0 Å². The van der Waals surface area contributed by atoms with Crippen LogP contribution >= 0.6 is 23.2 Å². The fourth-order valence-corrected chi connectivity index (χ4v) is 0.596. The Morgan fingerprint density at radius 3 is 1.58 bits per heavy atom. The molecule has 80 valence electrons. The van der Waals surface area contributed by atoms with E-state index in [0.717, 1.165) is 0 Å². The zero-order valence-electron chi connectivity index (χ0n) is 5.61. The van der Waals surface area contributed by atoms with Crippen LogP contribution in [0.1, 0.15) is 6.42 Å². The highest BCUT2D eigenvalue weighted by atomic mass is 35.5. The minimum Gasteiger partial charge on any atom is -0.269 e. The lowest BCUT2D eigenvalue weighted by Crippen LogP contribution is -2.25. The van der Waals surface area contributed by atoms with Crippen molar-refractivity contribution < 1.29 is 27.3 Å². The Labute approximate surface area is 75.1 Å². The molecule has 0 aromatic carbocycles. The van der Waals surface area contributed by atoms with Gasteiger partial charge in [0, 0.05) is 12.3 Å². The minimum absolute atomic E-state index is 0. The average molecular weight is 241 g/mol. The summed E-state index contributed by atoms with van der Waals surface area (Å²) in [4.78, 5) is 0. The molecule has 0 rings (SSSR count). The largest absolute Gasteiger partial charge is 0.293 e. The molecular weight excluding hydrogens is 233 g/mol. The first-order chi connectivity index (χ1) is 4.00. The highest BCUT2D eigenvalue weighted by Crippen LogP contribution is 2.28. The summed E-state index contributed by atoms with van der Waals surface area (Å²) in [6.45, 7) is 0. The maximum Gasteiger partial charge on any atom is 0.293 e. The van der Waals surface area contributed by atoms with Crippen LogP contribution in [0.3, 0.4) is 0 Å². The van der Waals surface area contributed by atoms with E-state index in [2.05, 4.69) is 11.6 Å². The zero-order chi connectivity index (χ0) is 7.49. The summed E-state index contributed by atoms with van der Waals surface area (Å²) < 4.78 is 35.5. The molecule has 0 radical (unpaired) electrons. The second kappa shape index (κ2) is 9.25. The first kappa shape index (κ1) is 22.7. The van der Waals surface area contributed by atoms with E-state index in [1.54, 1.807) is 0 Å². The Balaban J connectivity index is -0.000000107. The van der Waals surface area contributed by atoms with E-state index in [0.29, 0.717) is 0 Å². The van der Waals surface area contributed by atoms with Crippen LogP contribution in [-0.4, -0.2) is 17.4 Å². The molecule has 12 heavy (non-hydrogen) atoms. The van der Waals surface area contributed by atoms with E-state index in [-0.39, 0.29) is 20.0 Å². The van der Waals surface area contributed by atoms with Crippen molar-refractivity contribution in [3.8, 4) is 0 Å². The molecule has 1 unspecified atom stereocenters. The smallest absolute Gasteiger partial charge is 0.269 e. The van der Waals surface area contributed by atoms with Gasteiger partial charge in [-0.2, -0.15) is 0 Å². The van der Waals surface area contributed by atoms with Crippen molar-refractivity contribution in [2.75, 3.05) is 5.88 Å². The van der Waals surface area contributed by atoms with Crippen molar-refractivity contribution in [3.63, 3.8) is 0 Å². The van der Waals surface area contributed by atoms with E-state index in [1.807, 2.05) is 0 Å². The van der Waals surface area contributed by atoms with Crippen molar-refractivity contribution in [2.45, 2.75) is 18.0 Å². The van der Waals surface area contributed by atoms with E-state index in [1.165, 1.54) is 0 Å². The molecule has 0 bridgehead atoms. The SMILES string of the molecule is F.F.F.FC(Cl)C(F)(F)CCCl. The zero-order valence-corrected chi connectivity index (χ0v) is 7.12. The Bertz CT molecular complexity index is 87.6. The number of alkyl halides is 5.